The molecule has 0 heterocycles. The Morgan fingerprint density at radius 2 is 1.74 bits per heavy atom. The van der Waals surface area contributed by atoms with Gasteiger partial charge in [-0.15, -0.1) is 0 Å². The lowest BCUT2D eigenvalue weighted by Crippen LogP contribution is -2.38. The molecule has 6 nitrogen and oxygen atoms in total. The third-order valence-electron chi connectivity index (χ3n) is 2.20. The molecule has 0 radical (unpaired) electrons. The number of rotatable bonds is 6. The van der Waals surface area contributed by atoms with E-state index in [0.717, 1.165) is 22.9 Å². The van der Waals surface area contributed by atoms with Crippen molar-refractivity contribution in [3.05, 3.63) is 30.1 Å². The molecule has 0 aliphatic carbocycles. The molecule has 0 aromatic heterocycles. The van der Waals surface area contributed by atoms with E-state index < -0.39 is 25.9 Å². The summed E-state index contributed by atoms with van der Waals surface area (Å²) in [6.07, 6.45) is 1.89. The molecule has 0 bridgehead atoms. The van der Waals surface area contributed by atoms with Crippen molar-refractivity contribution in [2.24, 2.45) is 0 Å². The number of para-hydroxylation sites is 1. The van der Waals surface area contributed by atoms with Gasteiger partial charge < -0.3 is 0 Å². The molecular weight excluding hydrogens is 295 g/mol. The van der Waals surface area contributed by atoms with E-state index in [1.165, 1.54) is 18.2 Å². The predicted molar refractivity (Wildman–Crippen MR) is 71.4 cm³/mol. The van der Waals surface area contributed by atoms with Crippen LogP contribution in [0, 0.1) is 5.82 Å². The van der Waals surface area contributed by atoms with E-state index in [-0.39, 0.29) is 18.8 Å². The molecule has 0 amide bonds. The second kappa shape index (κ2) is 5.85. The van der Waals surface area contributed by atoms with Gasteiger partial charge >= 0.3 is 0 Å². The van der Waals surface area contributed by atoms with Crippen LogP contribution in [0.15, 0.2) is 24.3 Å². The summed E-state index contributed by atoms with van der Waals surface area (Å²) < 4.78 is 61.6. The predicted octanol–water partition coefficient (Wildman–Crippen LogP) is 0.141. The Morgan fingerprint density at radius 3 is 2.21 bits per heavy atom. The van der Waals surface area contributed by atoms with Crippen molar-refractivity contribution in [2.45, 2.75) is 0 Å². The van der Waals surface area contributed by atoms with Crippen molar-refractivity contribution in [1.82, 2.24) is 4.72 Å². The van der Waals surface area contributed by atoms with Gasteiger partial charge in [0.25, 0.3) is 0 Å². The average Bonchev–Trinajstić information content (AvgIpc) is 2.23. The van der Waals surface area contributed by atoms with E-state index in [1.807, 2.05) is 0 Å². The zero-order valence-corrected chi connectivity index (χ0v) is 12.1. The smallest absolute Gasteiger partial charge is 0.232 e. The lowest BCUT2D eigenvalue weighted by atomic mass is 10.3. The van der Waals surface area contributed by atoms with Gasteiger partial charge in [-0.1, -0.05) is 12.1 Å². The van der Waals surface area contributed by atoms with Crippen LogP contribution in [0.2, 0.25) is 0 Å². The number of hydrogen-bond donors (Lipinski definition) is 1. The van der Waals surface area contributed by atoms with Gasteiger partial charge in [0, 0.05) is 13.1 Å². The molecule has 0 spiro atoms. The highest BCUT2D eigenvalue weighted by molar-refractivity contribution is 7.92. The van der Waals surface area contributed by atoms with Gasteiger partial charge in [-0.3, -0.25) is 4.31 Å². The molecule has 108 valence electrons. The first-order valence-corrected chi connectivity index (χ1v) is 9.02. The van der Waals surface area contributed by atoms with Gasteiger partial charge in [0.15, 0.2) is 0 Å². The highest BCUT2D eigenvalue weighted by Crippen LogP contribution is 2.20. The average molecular weight is 310 g/mol. The SMILES string of the molecule is CS(=O)(=O)NCCN(c1ccccc1F)S(C)(=O)=O. The summed E-state index contributed by atoms with van der Waals surface area (Å²) in [4.78, 5) is 0. The van der Waals surface area contributed by atoms with E-state index in [9.17, 15) is 21.2 Å². The molecule has 9 heteroatoms. The Bertz CT molecular complexity index is 643. The summed E-state index contributed by atoms with van der Waals surface area (Å²) >= 11 is 0. The Hall–Kier alpha value is -1.19. The molecule has 0 unspecified atom stereocenters. The summed E-state index contributed by atoms with van der Waals surface area (Å²) in [5, 5.41) is 0. The molecule has 0 aliphatic heterocycles. The van der Waals surface area contributed by atoms with Crippen molar-refractivity contribution in [3.63, 3.8) is 0 Å². The molecule has 1 aromatic rings. The van der Waals surface area contributed by atoms with E-state index in [4.69, 9.17) is 0 Å². The lowest BCUT2D eigenvalue weighted by Gasteiger charge is -2.22. The standard InChI is InChI=1S/C10H15FN2O4S2/c1-18(14,15)12-7-8-13(19(2,16)17)10-6-4-3-5-9(10)11/h3-6,12H,7-8H2,1-2H3. The summed E-state index contributed by atoms with van der Waals surface area (Å²) in [6, 6.07) is 5.39. The Kier molecular flexibility index (Phi) is 4.88. The van der Waals surface area contributed by atoms with Gasteiger partial charge in [-0.25, -0.2) is 25.9 Å². The van der Waals surface area contributed by atoms with E-state index in [2.05, 4.69) is 4.72 Å². The normalized spacial score (nSPS) is 12.4. The lowest BCUT2D eigenvalue weighted by molar-refractivity contribution is 0.580. The largest absolute Gasteiger partial charge is 0.266 e. The van der Waals surface area contributed by atoms with Crippen LogP contribution in [-0.2, 0) is 20.0 Å². The van der Waals surface area contributed by atoms with Gasteiger partial charge in [-0.05, 0) is 12.1 Å². The van der Waals surface area contributed by atoms with Crippen LogP contribution in [-0.4, -0.2) is 42.4 Å². The van der Waals surface area contributed by atoms with Crippen LogP contribution in [0.3, 0.4) is 0 Å². The number of halogens is 1. The molecule has 19 heavy (non-hydrogen) atoms. The molecule has 1 aromatic carbocycles. The summed E-state index contributed by atoms with van der Waals surface area (Å²) in [5.41, 5.74) is -0.111. The highest BCUT2D eigenvalue weighted by atomic mass is 32.2. The van der Waals surface area contributed by atoms with Crippen LogP contribution in [0.4, 0.5) is 10.1 Å². The Morgan fingerprint density at radius 1 is 1.16 bits per heavy atom. The maximum absolute atomic E-state index is 13.6. The van der Waals surface area contributed by atoms with Crippen LogP contribution in [0.25, 0.3) is 0 Å². The number of anilines is 1. The topological polar surface area (TPSA) is 83.6 Å². The zero-order chi connectivity index (χ0) is 14.7. The van der Waals surface area contributed by atoms with Crippen molar-refractivity contribution in [1.29, 1.82) is 0 Å². The van der Waals surface area contributed by atoms with Gasteiger partial charge in [0.1, 0.15) is 5.82 Å². The minimum Gasteiger partial charge on any atom is -0.266 e. The number of sulfonamides is 2. The second-order valence-electron chi connectivity index (χ2n) is 3.95. The first-order chi connectivity index (χ1) is 8.61. The number of nitrogens with zero attached hydrogens (tertiary/aromatic N) is 1. The third-order valence-corrected chi connectivity index (χ3v) is 4.11. The quantitative estimate of drug-likeness (QED) is 0.810. The second-order valence-corrected chi connectivity index (χ2v) is 7.69. The zero-order valence-electron chi connectivity index (χ0n) is 10.5. The number of hydrogen-bond acceptors (Lipinski definition) is 4. The minimum atomic E-state index is -3.70. The van der Waals surface area contributed by atoms with Crippen molar-refractivity contribution >= 4 is 25.7 Å². The fourth-order valence-electron chi connectivity index (χ4n) is 1.45. The van der Waals surface area contributed by atoms with Crippen molar-refractivity contribution < 1.29 is 21.2 Å². The minimum absolute atomic E-state index is 0.111. The molecule has 1 rings (SSSR count). The molecular formula is C10H15FN2O4S2. The summed E-state index contributed by atoms with van der Waals surface area (Å²) in [7, 11) is -7.12. The molecule has 0 atom stereocenters. The molecule has 0 saturated carbocycles. The fraction of sp³-hybridized carbons (Fsp3) is 0.400. The van der Waals surface area contributed by atoms with E-state index in [0.29, 0.717) is 0 Å². The maximum atomic E-state index is 13.6. The van der Waals surface area contributed by atoms with Crippen LogP contribution in [0.5, 0.6) is 0 Å². The van der Waals surface area contributed by atoms with E-state index >= 15 is 0 Å². The first-order valence-electron chi connectivity index (χ1n) is 5.28. The summed E-state index contributed by atoms with van der Waals surface area (Å²) in [6.45, 7) is -0.326. The highest BCUT2D eigenvalue weighted by Gasteiger charge is 2.20. The third kappa shape index (κ3) is 5.13. The molecule has 0 saturated heterocycles. The van der Waals surface area contributed by atoms with Gasteiger partial charge in [0.2, 0.25) is 20.0 Å². The molecule has 0 aliphatic rings. The van der Waals surface area contributed by atoms with Crippen LogP contribution in [0.1, 0.15) is 0 Å². The monoisotopic (exact) mass is 310 g/mol. The Balaban J connectivity index is 2.96. The first kappa shape index (κ1) is 15.9. The Labute approximate surface area is 112 Å². The van der Waals surface area contributed by atoms with Crippen LogP contribution >= 0.6 is 0 Å². The van der Waals surface area contributed by atoms with Gasteiger partial charge in [0.05, 0.1) is 18.2 Å². The maximum Gasteiger partial charge on any atom is 0.232 e. The van der Waals surface area contributed by atoms with Gasteiger partial charge in [-0.2, -0.15) is 0 Å². The molecule has 1 N–H and O–H groups in total. The van der Waals surface area contributed by atoms with E-state index in [1.54, 1.807) is 0 Å². The summed E-state index contributed by atoms with van der Waals surface area (Å²) in [5.74, 6) is -0.688. The van der Waals surface area contributed by atoms with Crippen molar-refractivity contribution in [3.8, 4) is 0 Å². The molecule has 0 fully saturated rings. The fourth-order valence-corrected chi connectivity index (χ4v) is 2.84. The number of nitrogens with one attached hydrogen (secondary N) is 1. The number of benzene rings is 1. The van der Waals surface area contributed by atoms with Crippen molar-refractivity contribution in [2.75, 3.05) is 29.9 Å². The van der Waals surface area contributed by atoms with Crippen LogP contribution < -0.4 is 9.03 Å².